The quantitative estimate of drug-likeness (QED) is 0.361. The number of benzene rings is 2. The van der Waals surface area contributed by atoms with Gasteiger partial charge >= 0.3 is 12.2 Å². The standard InChI is InChI=1S/2C15H21N3O2.H2O4S/c2*1-15-7-8-17(3)13(15)18(4)12-6-5-10(9-11(12)15)20-14(19)16-2;1-5(2,3)4/h2*5-6,9,13H,7-8H2,1-4H3,(H,16,19);(H2,1,2,3,4)/p-2/t2*13-,15+;/m11./s1. The Hall–Kier alpha value is -3.63. The van der Waals surface area contributed by atoms with Crippen molar-refractivity contribution in [3.8, 4) is 11.5 Å². The lowest BCUT2D eigenvalue weighted by Gasteiger charge is -2.32. The van der Waals surface area contributed by atoms with Crippen LogP contribution in [0.3, 0.4) is 0 Å². The molecule has 2 saturated heterocycles. The molecule has 45 heavy (non-hydrogen) atoms. The van der Waals surface area contributed by atoms with Crippen molar-refractivity contribution in [3.63, 3.8) is 0 Å². The van der Waals surface area contributed by atoms with E-state index in [0.717, 1.165) is 25.9 Å². The van der Waals surface area contributed by atoms with Crippen molar-refractivity contribution in [1.29, 1.82) is 0 Å². The van der Waals surface area contributed by atoms with Gasteiger partial charge in [-0.2, -0.15) is 0 Å². The summed E-state index contributed by atoms with van der Waals surface area (Å²) in [6, 6.07) is 11.8. The highest BCUT2D eigenvalue weighted by molar-refractivity contribution is 7.79. The van der Waals surface area contributed by atoms with Crippen molar-refractivity contribution in [2.24, 2.45) is 0 Å². The van der Waals surface area contributed by atoms with Crippen LogP contribution in [0.1, 0.15) is 37.8 Å². The van der Waals surface area contributed by atoms with Crippen LogP contribution in [0.4, 0.5) is 21.0 Å². The second-order valence-corrected chi connectivity index (χ2v) is 13.1. The first-order valence-electron chi connectivity index (χ1n) is 14.6. The van der Waals surface area contributed by atoms with E-state index in [0.29, 0.717) is 23.8 Å². The van der Waals surface area contributed by atoms with Crippen molar-refractivity contribution < 1.29 is 36.6 Å². The molecular formula is C30H42N6O8S-2. The summed E-state index contributed by atoms with van der Waals surface area (Å²) in [6.07, 6.45) is 2.15. The molecule has 0 aromatic heterocycles. The van der Waals surface area contributed by atoms with Crippen LogP contribution in [0.2, 0.25) is 0 Å². The van der Waals surface area contributed by atoms with E-state index in [1.807, 2.05) is 36.4 Å². The van der Waals surface area contributed by atoms with Crippen LogP contribution >= 0.6 is 0 Å². The number of ether oxygens (including phenoxy) is 2. The first kappa shape index (κ1) is 34.2. The molecule has 0 saturated carbocycles. The van der Waals surface area contributed by atoms with Gasteiger partial charge in [-0.25, -0.2) is 9.59 Å². The van der Waals surface area contributed by atoms with Gasteiger partial charge in [-0.05, 0) is 74.5 Å². The number of carbonyl (C=O) groups is 2. The first-order valence-corrected chi connectivity index (χ1v) is 15.9. The van der Waals surface area contributed by atoms with Gasteiger partial charge in [0.1, 0.15) is 11.5 Å². The number of likely N-dealkylation sites (tertiary alicyclic amines) is 2. The summed E-state index contributed by atoms with van der Waals surface area (Å²) >= 11 is 0. The summed E-state index contributed by atoms with van der Waals surface area (Å²) in [6.45, 7) is 6.78. The van der Waals surface area contributed by atoms with Crippen molar-refractivity contribution in [2.45, 2.75) is 49.9 Å². The Labute approximate surface area is 264 Å². The van der Waals surface area contributed by atoms with Crippen molar-refractivity contribution >= 4 is 34.0 Å². The second-order valence-electron chi connectivity index (χ2n) is 12.3. The molecule has 2 aromatic carbocycles. The van der Waals surface area contributed by atoms with Gasteiger partial charge in [0.15, 0.2) is 0 Å². The second kappa shape index (κ2) is 12.6. The molecule has 0 radical (unpaired) electrons. The van der Waals surface area contributed by atoms with Gasteiger partial charge in [0.25, 0.3) is 0 Å². The zero-order valence-electron chi connectivity index (χ0n) is 26.9. The average Bonchev–Trinajstić information content (AvgIpc) is 3.60. The van der Waals surface area contributed by atoms with Crippen LogP contribution in [0.5, 0.6) is 11.5 Å². The van der Waals surface area contributed by atoms with Gasteiger partial charge in [-0.1, -0.05) is 13.8 Å². The Morgan fingerprint density at radius 1 is 0.756 bits per heavy atom. The Kier molecular flexibility index (Phi) is 9.62. The minimum atomic E-state index is -5.17. The molecule has 2 amide bonds. The smallest absolute Gasteiger partial charge is 0.412 e. The molecule has 6 rings (SSSR count). The van der Waals surface area contributed by atoms with Crippen LogP contribution in [0.15, 0.2) is 36.4 Å². The molecule has 0 spiro atoms. The number of nitrogens with zero attached hydrogens (tertiary/aromatic N) is 4. The van der Waals surface area contributed by atoms with Crippen molar-refractivity contribution in [1.82, 2.24) is 20.4 Å². The van der Waals surface area contributed by atoms with Crippen LogP contribution < -0.4 is 29.9 Å². The molecule has 4 aliphatic rings. The zero-order valence-corrected chi connectivity index (χ0v) is 27.7. The number of fused-ring (bicyclic) bond motifs is 6. The monoisotopic (exact) mass is 646 g/mol. The third kappa shape index (κ3) is 6.67. The van der Waals surface area contributed by atoms with Gasteiger partial charge in [0, 0.05) is 73.9 Å². The minimum absolute atomic E-state index is 0.0981. The lowest BCUT2D eigenvalue weighted by atomic mass is 9.81. The maximum absolute atomic E-state index is 11.4. The molecule has 2 aromatic rings. The normalized spacial score (nSPS) is 26.4. The highest BCUT2D eigenvalue weighted by atomic mass is 32.3. The number of carbonyl (C=O) groups excluding carboxylic acids is 2. The van der Waals surface area contributed by atoms with Crippen LogP contribution in [-0.4, -0.2) is 107 Å². The molecule has 0 bridgehead atoms. The maximum Gasteiger partial charge on any atom is 0.412 e. The van der Waals surface area contributed by atoms with Crippen LogP contribution in [0, 0.1) is 0 Å². The summed E-state index contributed by atoms with van der Waals surface area (Å²) in [5.41, 5.74) is 5.20. The van der Waals surface area contributed by atoms with Gasteiger partial charge < -0.3 is 39.0 Å². The van der Waals surface area contributed by atoms with Gasteiger partial charge in [-0.15, -0.1) is 0 Å². The number of hydrogen-bond donors (Lipinski definition) is 2. The lowest BCUT2D eigenvalue weighted by Crippen LogP contribution is -2.45. The highest BCUT2D eigenvalue weighted by Gasteiger charge is 2.53. The SMILES string of the molecule is CNC(=O)Oc1ccc2c(c1)[C@]1(C)CCN(C)[C@@H]1N2C.CNC(=O)Oc1ccc2c(c1)[C@]1(C)CCN(C)[C@@H]1N2C.O=S(=O)([O-])[O-]. The summed E-state index contributed by atoms with van der Waals surface area (Å²) in [7, 11) is 6.56. The molecule has 2 N–H and O–H groups in total. The molecule has 2 fully saturated rings. The van der Waals surface area contributed by atoms with E-state index in [9.17, 15) is 9.59 Å². The number of amides is 2. The number of nitrogens with one attached hydrogen (secondary N) is 2. The number of anilines is 2. The van der Waals surface area contributed by atoms with E-state index < -0.39 is 22.6 Å². The summed E-state index contributed by atoms with van der Waals surface area (Å²) in [5, 5.41) is 4.95. The molecule has 4 aliphatic heterocycles. The molecule has 15 heteroatoms. The minimum Gasteiger partial charge on any atom is -0.759 e. The number of hydrogen-bond acceptors (Lipinski definition) is 12. The Morgan fingerprint density at radius 3 is 1.40 bits per heavy atom. The number of rotatable bonds is 2. The average molecular weight is 647 g/mol. The molecule has 0 unspecified atom stereocenters. The Morgan fingerprint density at radius 2 is 1.09 bits per heavy atom. The first-order chi connectivity index (χ1) is 20.9. The third-order valence-corrected chi connectivity index (χ3v) is 9.43. The van der Waals surface area contributed by atoms with E-state index in [-0.39, 0.29) is 10.8 Å². The summed E-state index contributed by atoms with van der Waals surface area (Å²) in [5.74, 6) is 1.21. The predicted molar refractivity (Wildman–Crippen MR) is 167 cm³/mol. The number of likely N-dealkylation sites (N-methyl/N-ethyl adjacent to an activating group) is 4. The molecular weight excluding hydrogens is 604 g/mol. The third-order valence-electron chi connectivity index (χ3n) is 9.43. The van der Waals surface area contributed by atoms with Gasteiger partial charge in [0.05, 0.1) is 12.3 Å². The van der Waals surface area contributed by atoms with E-state index in [1.54, 1.807) is 14.1 Å². The van der Waals surface area contributed by atoms with E-state index in [2.05, 4.69) is 72.3 Å². The topological polar surface area (TPSA) is 170 Å². The van der Waals surface area contributed by atoms with Gasteiger partial charge in [-0.3, -0.25) is 18.2 Å². The van der Waals surface area contributed by atoms with E-state index >= 15 is 0 Å². The summed E-state index contributed by atoms with van der Waals surface area (Å²) in [4.78, 5) is 32.1. The Balaban J connectivity index is 0.000000179. The lowest BCUT2D eigenvalue weighted by molar-refractivity contribution is 0.202. The fourth-order valence-corrected chi connectivity index (χ4v) is 7.55. The predicted octanol–water partition coefficient (Wildman–Crippen LogP) is 2.21. The highest BCUT2D eigenvalue weighted by Crippen LogP contribution is 2.52. The molecule has 14 nitrogen and oxygen atoms in total. The van der Waals surface area contributed by atoms with Crippen LogP contribution in [0.25, 0.3) is 0 Å². The van der Waals surface area contributed by atoms with Crippen LogP contribution in [-0.2, 0) is 21.2 Å². The van der Waals surface area contributed by atoms with E-state index in [1.165, 1.54) is 22.5 Å². The largest absolute Gasteiger partial charge is 0.759 e. The van der Waals surface area contributed by atoms with Gasteiger partial charge in [0.2, 0.25) is 0 Å². The Bertz CT molecular complexity index is 1450. The fraction of sp³-hybridized carbons (Fsp3) is 0.533. The molecule has 4 atom stereocenters. The zero-order chi connectivity index (χ0) is 33.5. The van der Waals surface area contributed by atoms with E-state index in [4.69, 9.17) is 27.0 Å². The van der Waals surface area contributed by atoms with Crippen molar-refractivity contribution in [2.75, 3.05) is 65.2 Å². The molecule has 4 heterocycles. The fourth-order valence-electron chi connectivity index (χ4n) is 7.55. The molecule has 0 aliphatic carbocycles. The van der Waals surface area contributed by atoms with Crippen molar-refractivity contribution in [3.05, 3.63) is 47.5 Å². The molecule has 248 valence electrons. The maximum atomic E-state index is 11.4. The summed E-state index contributed by atoms with van der Waals surface area (Å²) < 4.78 is 44.6.